The Kier molecular flexibility index (Phi) is 7.32. The Balaban J connectivity index is 1.62. The Labute approximate surface area is 198 Å². The predicted molar refractivity (Wildman–Crippen MR) is 133 cm³/mol. The number of benzene rings is 1. The first-order chi connectivity index (χ1) is 15.9. The summed E-state index contributed by atoms with van der Waals surface area (Å²) in [6.07, 6.45) is 5.24. The number of piperidine rings is 1. The zero-order valence-electron chi connectivity index (χ0n) is 21.1. The standard InChI is InChI=1S/C27H39N5O/c1-7-23(18(2)3)26-22(10-8-12-25(26)33-19(4)5)16-31-13-9-11-21(15-31)24-14-20(6)30-27-28-17-29-32(24)27/h8,10,12,14,17-19,21,23H,7,9,11,13,15-16H2,1-6H3. The summed E-state index contributed by atoms with van der Waals surface area (Å²) in [4.78, 5) is 11.5. The molecule has 178 valence electrons. The smallest absolute Gasteiger partial charge is 0.252 e. The summed E-state index contributed by atoms with van der Waals surface area (Å²) in [7, 11) is 0. The van der Waals surface area contributed by atoms with Gasteiger partial charge in [-0.05, 0) is 76.1 Å². The van der Waals surface area contributed by atoms with E-state index >= 15 is 0 Å². The van der Waals surface area contributed by atoms with Crippen LogP contribution in [0.1, 0.15) is 88.2 Å². The highest BCUT2D eigenvalue weighted by Crippen LogP contribution is 2.39. The second-order valence-electron chi connectivity index (χ2n) is 10.1. The first kappa shape index (κ1) is 23.7. The van der Waals surface area contributed by atoms with Crippen molar-refractivity contribution in [3.63, 3.8) is 0 Å². The summed E-state index contributed by atoms with van der Waals surface area (Å²) in [5, 5.41) is 4.46. The molecule has 2 atom stereocenters. The van der Waals surface area contributed by atoms with Gasteiger partial charge in [0.2, 0.25) is 0 Å². The SMILES string of the molecule is CCC(c1c(CN2CCCC(c3cc(C)nc4ncnn34)C2)cccc1OC(C)C)C(C)C. The van der Waals surface area contributed by atoms with Crippen molar-refractivity contribution in [3.05, 3.63) is 53.1 Å². The molecule has 0 spiro atoms. The third-order valence-electron chi connectivity index (χ3n) is 6.86. The van der Waals surface area contributed by atoms with E-state index in [-0.39, 0.29) is 6.10 Å². The molecule has 0 amide bonds. The van der Waals surface area contributed by atoms with E-state index in [0.717, 1.165) is 37.5 Å². The largest absolute Gasteiger partial charge is 0.491 e. The summed E-state index contributed by atoms with van der Waals surface area (Å²) in [5.74, 6) is 3.25. The van der Waals surface area contributed by atoms with Gasteiger partial charge in [-0.25, -0.2) is 9.50 Å². The Morgan fingerprint density at radius 2 is 2.00 bits per heavy atom. The Morgan fingerprint density at radius 3 is 2.73 bits per heavy atom. The topological polar surface area (TPSA) is 55.6 Å². The van der Waals surface area contributed by atoms with E-state index in [4.69, 9.17) is 4.74 Å². The molecule has 33 heavy (non-hydrogen) atoms. The molecule has 0 aliphatic carbocycles. The molecule has 1 aliphatic rings. The van der Waals surface area contributed by atoms with Crippen LogP contribution in [-0.4, -0.2) is 43.7 Å². The molecule has 2 unspecified atom stereocenters. The van der Waals surface area contributed by atoms with E-state index in [9.17, 15) is 0 Å². The van der Waals surface area contributed by atoms with Gasteiger partial charge in [0.1, 0.15) is 12.1 Å². The highest BCUT2D eigenvalue weighted by atomic mass is 16.5. The molecule has 6 nitrogen and oxygen atoms in total. The lowest BCUT2D eigenvalue weighted by Crippen LogP contribution is -2.35. The second kappa shape index (κ2) is 10.2. The van der Waals surface area contributed by atoms with Crippen molar-refractivity contribution in [1.29, 1.82) is 0 Å². The summed E-state index contributed by atoms with van der Waals surface area (Å²) < 4.78 is 8.23. The maximum atomic E-state index is 6.31. The third kappa shape index (κ3) is 5.21. The third-order valence-corrected chi connectivity index (χ3v) is 6.86. The van der Waals surface area contributed by atoms with Crippen molar-refractivity contribution in [2.45, 2.75) is 85.3 Å². The Morgan fingerprint density at radius 1 is 1.18 bits per heavy atom. The van der Waals surface area contributed by atoms with Crippen LogP contribution in [0.15, 0.2) is 30.6 Å². The number of rotatable bonds is 8. The number of aromatic nitrogens is 4. The van der Waals surface area contributed by atoms with Crippen LogP contribution in [0.5, 0.6) is 5.75 Å². The molecule has 0 saturated carbocycles. The number of aryl methyl sites for hydroxylation is 1. The van der Waals surface area contributed by atoms with E-state index in [1.807, 2.05) is 11.4 Å². The van der Waals surface area contributed by atoms with E-state index in [1.54, 1.807) is 6.33 Å². The molecule has 3 aromatic rings. The number of hydrogen-bond acceptors (Lipinski definition) is 5. The number of fused-ring (bicyclic) bond motifs is 1. The van der Waals surface area contributed by atoms with Gasteiger partial charge in [0, 0.05) is 30.3 Å². The van der Waals surface area contributed by atoms with Crippen LogP contribution in [0.4, 0.5) is 0 Å². The predicted octanol–water partition coefficient (Wildman–Crippen LogP) is 5.75. The molecule has 4 rings (SSSR count). The molecule has 1 saturated heterocycles. The molecule has 6 heteroatoms. The van der Waals surface area contributed by atoms with Gasteiger partial charge in [-0.3, -0.25) is 4.90 Å². The average Bonchev–Trinajstić information content (AvgIpc) is 3.23. The zero-order valence-corrected chi connectivity index (χ0v) is 21.1. The normalized spacial score (nSPS) is 18.4. The van der Waals surface area contributed by atoms with Crippen molar-refractivity contribution in [3.8, 4) is 5.75 Å². The molecule has 1 fully saturated rings. The van der Waals surface area contributed by atoms with Gasteiger partial charge < -0.3 is 4.74 Å². The summed E-state index contributed by atoms with van der Waals surface area (Å²) in [5.41, 5.74) is 5.05. The monoisotopic (exact) mass is 449 g/mol. The molecule has 0 radical (unpaired) electrons. The summed E-state index contributed by atoms with van der Waals surface area (Å²) in [6.45, 7) is 16.3. The Bertz CT molecular complexity index is 1070. The quantitative estimate of drug-likeness (QED) is 0.438. The summed E-state index contributed by atoms with van der Waals surface area (Å²) >= 11 is 0. The second-order valence-corrected chi connectivity index (χ2v) is 10.1. The van der Waals surface area contributed by atoms with Gasteiger partial charge in [0.25, 0.3) is 5.78 Å². The first-order valence-electron chi connectivity index (χ1n) is 12.5. The van der Waals surface area contributed by atoms with Gasteiger partial charge >= 0.3 is 0 Å². The minimum Gasteiger partial charge on any atom is -0.491 e. The van der Waals surface area contributed by atoms with E-state index in [2.05, 4.69) is 78.9 Å². The fourth-order valence-corrected chi connectivity index (χ4v) is 5.44. The van der Waals surface area contributed by atoms with Crippen molar-refractivity contribution >= 4 is 5.78 Å². The van der Waals surface area contributed by atoms with Gasteiger partial charge in [-0.1, -0.05) is 32.9 Å². The molecular formula is C27H39N5O. The van der Waals surface area contributed by atoms with E-state index in [1.165, 1.54) is 29.7 Å². The van der Waals surface area contributed by atoms with E-state index < -0.39 is 0 Å². The van der Waals surface area contributed by atoms with Crippen LogP contribution >= 0.6 is 0 Å². The zero-order chi connectivity index (χ0) is 23.5. The molecule has 0 N–H and O–H groups in total. The van der Waals surface area contributed by atoms with Crippen molar-refractivity contribution in [1.82, 2.24) is 24.5 Å². The highest BCUT2D eigenvalue weighted by Gasteiger charge is 2.27. The van der Waals surface area contributed by atoms with Crippen LogP contribution in [-0.2, 0) is 6.54 Å². The number of ether oxygens (including phenoxy) is 1. The van der Waals surface area contributed by atoms with Crippen molar-refractivity contribution in [2.24, 2.45) is 5.92 Å². The van der Waals surface area contributed by atoms with Gasteiger partial charge in [0.15, 0.2) is 0 Å². The van der Waals surface area contributed by atoms with Crippen LogP contribution < -0.4 is 4.74 Å². The van der Waals surface area contributed by atoms with Gasteiger partial charge in [0.05, 0.1) is 11.8 Å². The Hall–Kier alpha value is -2.47. The van der Waals surface area contributed by atoms with Gasteiger partial charge in [-0.15, -0.1) is 0 Å². The van der Waals surface area contributed by atoms with Crippen molar-refractivity contribution in [2.75, 3.05) is 13.1 Å². The number of likely N-dealkylation sites (tertiary alicyclic amines) is 1. The van der Waals surface area contributed by atoms with Crippen LogP contribution in [0.3, 0.4) is 0 Å². The average molecular weight is 450 g/mol. The van der Waals surface area contributed by atoms with Crippen LogP contribution in [0, 0.1) is 12.8 Å². The molecule has 1 aliphatic heterocycles. The molecule has 3 heterocycles. The highest BCUT2D eigenvalue weighted by molar-refractivity contribution is 5.43. The van der Waals surface area contributed by atoms with Gasteiger partial charge in [-0.2, -0.15) is 10.1 Å². The summed E-state index contributed by atoms with van der Waals surface area (Å²) in [6, 6.07) is 8.81. The fraction of sp³-hybridized carbons (Fsp3) is 0.593. The maximum Gasteiger partial charge on any atom is 0.252 e. The fourth-order valence-electron chi connectivity index (χ4n) is 5.44. The molecular weight excluding hydrogens is 410 g/mol. The lowest BCUT2D eigenvalue weighted by atomic mass is 9.82. The minimum atomic E-state index is 0.169. The number of nitrogens with zero attached hydrogens (tertiary/aromatic N) is 5. The molecule has 0 bridgehead atoms. The van der Waals surface area contributed by atoms with Crippen LogP contribution in [0.25, 0.3) is 5.78 Å². The first-order valence-corrected chi connectivity index (χ1v) is 12.5. The van der Waals surface area contributed by atoms with Crippen LogP contribution in [0.2, 0.25) is 0 Å². The van der Waals surface area contributed by atoms with Crippen molar-refractivity contribution < 1.29 is 4.74 Å². The van der Waals surface area contributed by atoms with E-state index in [0.29, 0.717) is 23.5 Å². The lowest BCUT2D eigenvalue weighted by Gasteiger charge is -2.34. The molecule has 1 aromatic carbocycles. The lowest BCUT2D eigenvalue weighted by molar-refractivity contribution is 0.195. The number of hydrogen-bond donors (Lipinski definition) is 0. The maximum absolute atomic E-state index is 6.31. The minimum absolute atomic E-state index is 0.169. The molecule has 2 aromatic heterocycles.